The Kier molecular flexibility index (Phi) is 3.96. The fourth-order valence-electron chi connectivity index (χ4n) is 3.12. The van der Waals surface area contributed by atoms with E-state index < -0.39 is 11.6 Å². The van der Waals surface area contributed by atoms with Crippen LogP contribution >= 0.6 is 11.6 Å². The van der Waals surface area contributed by atoms with Crippen LogP contribution in [-0.2, 0) is 0 Å². The van der Waals surface area contributed by atoms with Crippen molar-refractivity contribution in [3.63, 3.8) is 0 Å². The van der Waals surface area contributed by atoms with Crippen molar-refractivity contribution >= 4 is 39.2 Å². The van der Waals surface area contributed by atoms with Crippen LogP contribution in [0.4, 0.5) is 8.78 Å². The Labute approximate surface area is 152 Å². The Morgan fingerprint density at radius 2 is 2.00 bits per heavy atom. The van der Waals surface area contributed by atoms with Crippen LogP contribution in [0.2, 0.25) is 5.02 Å². The highest BCUT2D eigenvalue weighted by Crippen LogP contribution is 2.35. The molecule has 1 N–H and O–H groups in total. The standard InChI is InChI=1S/C20H13ClF2N2O/c1-2-17(26)11-4-3-5-15-10(11)6-7-16(25-15)13-9-24-20-12(13)8-14(22)19(23)18(20)21/h3-9,24H,2H2,1H3. The number of ketones is 1. The van der Waals surface area contributed by atoms with E-state index in [1.54, 1.807) is 24.4 Å². The van der Waals surface area contributed by atoms with E-state index in [0.29, 0.717) is 39.7 Å². The Morgan fingerprint density at radius 1 is 1.19 bits per heavy atom. The van der Waals surface area contributed by atoms with Crippen LogP contribution in [0.25, 0.3) is 33.1 Å². The number of nitrogens with zero attached hydrogens (tertiary/aromatic N) is 1. The molecule has 2 aromatic heterocycles. The average molecular weight is 371 g/mol. The number of H-pyrrole nitrogens is 1. The van der Waals surface area contributed by atoms with Crippen molar-refractivity contribution in [3.05, 3.63) is 64.8 Å². The fourth-order valence-corrected chi connectivity index (χ4v) is 3.37. The largest absolute Gasteiger partial charge is 0.359 e. The second-order valence-corrected chi connectivity index (χ2v) is 6.33. The summed E-state index contributed by atoms with van der Waals surface area (Å²) in [6.07, 6.45) is 2.03. The van der Waals surface area contributed by atoms with Gasteiger partial charge in [-0.05, 0) is 24.3 Å². The number of aromatic nitrogens is 2. The van der Waals surface area contributed by atoms with E-state index in [0.717, 1.165) is 11.5 Å². The molecular weight excluding hydrogens is 358 g/mol. The van der Waals surface area contributed by atoms with Crippen LogP contribution in [0, 0.1) is 11.6 Å². The molecule has 2 aromatic carbocycles. The zero-order valence-corrected chi connectivity index (χ0v) is 14.5. The first-order valence-electron chi connectivity index (χ1n) is 8.09. The van der Waals surface area contributed by atoms with Crippen LogP contribution in [-0.4, -0.2) is 15.8 Å². The molecule has 6 heteroatoms. The highest BCUT2D eigenvalue weighted by molar-refractivity contribution is 6.35. The van der Waals surface area contributed by atoms with E-state index in [2.05, 4.69) is 9.97 Å². The van der Waals surface area contributed by atoms with Gasteiger partial charge in [-0.2, -0.15) is 0 Å². The van der Waals surface area contributed by atoms with Gasteiger partial charge in [0.05, 0.1) is 16.7 Å². The molecule has 0 amide bonds. The monoisotopic (exact) mass is 370 g/mol. The molecule has 4 rings (SSSR count). The maximum Gasteiger partial charge on any atom is 0.179 e. The van der Waals surface area contributed by atoms with Gasteiger partial charge in [-0.1, -0.05) is 30.7 Å². The number of pyridine rings is 1. The third-order valence-electron chi connectivity index (χ3n) is 4.44. The normalized spacial score (nSPS) is 11.4. The van der Waals surface area contributed by atoms with Gasteiger partial charge in [0.2, 0.25) is 0 Å². The summed E-state index contributed by atoms with van der Waals surface area (Å²) >= 11 is 5.89. The zero-order valence-electron chi connectivity index (χ0n) is 13.7. The van der Waals surface area contributed by atoms with Crippen LogP contribution in [0.15, 0.2) is 42.6 Å². The second kappa shape index (κ2) is 6.18. The van der Waals surface area contributed by atoms with Crippen molar-refractivity contribution < 1.29 is 13.6 Å². The molecule has 2 heterocycles. The molecule has 0 saturated carbocycles. The molecule has 0 atom stereocenters. The number of hydrogen-bond acceptors (Lipinski definition) is 2. The Bertz CT molecular complexity index is 1180. The van der Waals surface area contributed by atoms with Gasteiger partial charge in [0.1, 0.15) is 5.02 Å². The fraction of sp³-hybridized carbons (Fsp3) is 0.100. The van der Waals surface area contributed by atoms with Crippen molar-refractivity contribution in [2.45, 2.75) is 13.3 Å². The summed E-state index contributed by atoms with van der Waals surface area (Å²) in [5, 5.41) is 0.919. The molecule has 0 saturated heterocycles. The van der Waals surface area contributed by atoms with Gasteiger partial charge in [-0.25, -0.2) is 13.8 Å². The summed E-state index contributed by atoms with van der Waals surface area (Å²) in [5.41, 5.74) is 2.78. The molecule has 0 unspecified atom stereocenters. The number of benzene rings is 2. The second-order valence-electron chi connectivity index (χ2n) is 5.96. The summed E-state index contributed by atoms with van der Waals surface area (Å²) in [6.45, 7) is 1.81. The molecule has 26 heavy (non-hydrogen) atoms. The van der Waals surface area contributed by atoms with E-state index in [9.17, 15) is 13.6 Å². The third-order valence-corrected chi connectivity index (χ3v) is 4.80. The number of nitrogens with one attached hydrogen (secondary N) is 1. The van der Waals surface area contributed by atoms with Crippen LogP contribution in [0.1, 0.15) is 23.7 Å². The highest BCUT2D eigenvalue weighted by atomic mass is 35.5. The summed E-state index contributed by atoms with van der Waals surface area (Å²) in [6, 6.07) is 10.0. The van der Waals surface area contributed by atoms with Crippen LogP contribution < -0.4 is 0 Å². The predicted octanol–water partition coefficient (Wildman–Crippen LogP) is 5.91. The van der Waals surface area contributed by atoms with E-state index in [-0.39, 0.29) is 10.8 Å². The smallest absolute Gasteiger partial charge is 0.179 e. The minimum absolute atomic E-state index is 0.0431. The minimum atomic E-state index is -1.08. The van der Waals surface area contributed by atoms with Crippen molar-refractivity contribution in [2.24, 2.45) is 0 Å². The molecule has 0 radical (unpaired) electrons. The van der Waals surface area contributed by atoms with Gasteiger partial charge in [-0.15, -0.1) is 0 Å². The number of fused-ring (bicyclic) bond motifs is 2. The van der Waals surface area contributed by atoms with E-state index in [1.165, 1.54) is 0 Å². The summed E-state index contributed by atoms with van der Waals surface area (Å²) in [7, 11) is 0. The van der Waals surface area contributed by atoms with Gasteiger partial charge < -0.3 is 4.98 Å². The Morgan fingerprint density at radius 3 is 2.77 bits per heavy atom. The van der Waals surface area contributed by atoms with E-state index in [1.807, 2.05) is 19.1 Å². The van der Waals surface area contributed by atoms with Crippen LogP contribution in [0.5, 0.6) is 0 Å². The maximum atomic E-state index is 13.8. The number of carbonyl (C=O) groups is 1. The maximum absolute atomic E-state index is 13.8. The zero-order chi connectivity index (χ0) is 18.4. The first-order chi connectivity index (χ1) is 12.5. The van der Waals surface area contributed by atoms with Crippen molar-refractivity contribution in [1.29, 1.82) is 0 Å². The summed E-state index contributed by atoms with van der Waals surface area (Å²) in [5.74, 6) is -2.05. The number of aromatic amines is 1. The van der Waals surface area contributed by atoms with Gasteiger partial charge >= 0.3 is 0 Å². The van der Waals surface area contributed by atoms with Gasteiger partial charge in [0.25, 0.3) is 0 Å². The number of hydrogen-bond donors (Lipinski definition) is 1. The molecular formula is C20H13ClF2N2O. The molecule has 0 aliphatic heterocycles. The number of carbonyl (C=O) groups excluding carboxylic acids is 1. The lowest BCUT2D eigenvalue weighted by molar-refractivity contribution is 0.0989. The lowest BCUT2D eigenvalue weighted by Crippen LogP contribution is -1.98. The first-order valence-corrected chi connectivity index (χ1v) is 8.47. The molecule has 4 aromatic rings. The minimum Gasteiger partial charge on any atom is -0.359 e. The molecule has 130 valence electrons. The number of Topliss-reactive ketones (excluding diaryl/α,β-unsaturated/α-hetero) is 1. The van der Waals surface area contributed by atoms with E-state index >= 15 is 0 Å². The lowest BCUT2D eigenvalue weighted by Gasteiger charge is -2.07. The number of halogens is 3. The Balaban J connectivity index is 1.93. The SMILES string of the molecule is CCC(=O)c1cccc2nc(-c3c[nH]c4c(Cl)c(F)c(F)cc34)ccc12. The lowest BCUT2D eigenvalue weighted by atomic mass is 10.0. The molecule has 0 aliphatic rings. The molecule has 0 bridgehead atoms. The topological polar surface area (TPSA) is 45.8 Å². The van der Waals surface area contributed by atoms with Crippen molar-refractivity contribution in [2.75, 3.05) is 0 Å². The van der Waals surface area contributed by atoms with Gasteiger partial charge in [0.15, 0.2) is 17.4 Å². The predicted molar refractivity (Wildman–Crippen MR) is 98.6 cm³/mol. The molecule has 0 fully saturated rings. The summed E-state index contributed by atoms with van der Waals surface area (Å²) < 4.78 is 27.4. The quantitative estimate of drug-likeness (QED) is 0.360. The number of rotatable bonds is 3. The summed E-state index contributed by atoms with van der Waals surface area (Å²) in [4.78, 5) is 19.6. The van der Waals surface area contributed by atoms with Crippen molar-refractivity contribution in [1.82, 2.24) is 9.97 Å². The average Bonchev–Trinajstić information content (AvgIpc) is 3.08. The van der Waals surface area contributed by atoms with Crippen LogP contribution in [0.3, 0.4) is 0 Å². The molecule has 3 nitrogen and oxygen atoms in total. The van der Waals surface area contributed by atoms with Gasteiger partial charge in [0, 0.05) is 34.5 Å². The van der Waals surface area contributed by atoms with Crippen molar-refractivity contribution in [3.8, 4) is 11.3 Å². The van der Waals surface area contributed by atoms with Gasteiger partial charge in [-0.3, -0.25) is 4.79 Å². The highest BCUT2D eigenvalue weighted by Gasteiger charge is 2.17. The first kappa shape index (κ1) is 16.7. The third kappa shape index (κ3) is 2.47. The Hall–Kier alpha value is -2.79. The van der Waals surface area contributed by atoms with E-state index in [4.69, 9.17) is 11.6 Å². The molecule has 0 spiro atoms. The molecule has 0 aliphatic carbocycles.